The molecule has 5 heteroatoms. The third-order valence-corrected chi connectivity index (χ3v) is 2.29. The standard InChI is InChI=1S/C10H19N3O2/c1-12(2)8-10(14)15-11-9-4-6-13(3)7-5-9/h4-8H2,1-3H3. The lowest BCUT2D eigenvalue weighted by molar-refractivity contribution is -0.144. The SMILES string of the molecule is CN(C)CC(=O)ON=C1CCN(C)CC1. The van der Waals surface area contributed by atoms with Gasteiger partial charge in [-0.2, -0.15) is 0 Å². The van der Waals surface area contributed by atoms with E-state index in [1.54, 1.807) is 4.90 Å². The Hall–Kier alpha value is -0.940. The van der Waals surface area contributed by atoms with Crippen LogP contribution in [-0.2, 0) is 9.63 Å². The summed E-state index contributed by atoms with van der Waals surface area (Å²) in [7, 11) is 5.72. The Morgan fingerprint density at radius 2 is 2.07 bits per heavy atom. The lowest BCUT2D eigenvalue weighted by atomic mass is 10.1. The van der Waals surface area contributed by atoms with Gasteiger partial charge in [-0.05, 0) is 21.1 Å². The summed E-state index contributed by atoms with van der Waals surface area (Å²) in [5.74, 6) is -0.300. The number of oxime groups is 1. The van der Waals surface area contributed by atoms with Gasteiger partial charge >= 0.3 is 5.97 Å². The Bertz CT molecular complexity index is 241. The number of hydrogen-bond acceptors (Lipinski definition) is 5. The van der Waals surface area contributed by atoms with Crippen LogP contribution in [0.15, 0.2) is 5.16 Å². The van der Waals surface area contributed by atoms with Crippen LogP contribution >= 0.6 is 0 Å². The minimum Gasteiger partial charge on any atom is -0.317 e. The summed E-state index contributed by atoms with van der Waals surface area (Å²) in [5.41, 5.74) is 0.986. The summed E-state index contributed by atoms with van der Waals surface area (Å²) in [6.45, 7) is 2.25. The van der Waals surface area contributed by atoms with Crippen LogP contribution in [0, 0.1) is 0 Å². The molecule has 15 heavy (non-hydrogen) atoms. The van der Waals surface area contributed by atoms with Crippen molar-refractivity contribution in [2.24, 2.45) is 5.16 Å². The van der Waals surface area contributed by atoms with Gasteiger partial charge in [-0.15, -0.1) is 0 Å². The quantitative estimate of drug-likeness (QED) is 0.495. The second kappa shape index (κ2) is 5.82. The van der Waals surface area contributed by atoms with Gasteiger partial charge in [-0.3, -0.25) is 4.90 Å². The molecule has 0 aromatic heterocycles. The first-order chi connectivity index (χ1) is 7.08. The summed E-state index contributed by atoms with van der Waals surface area (Å²) < 4.78 is 0. The van der Waals surface area contributed by atoms with Crippen LogP contribution in [0.2, 0.25) is 0 Å². The van der Waals surface area contributed by atoms with Gasteiger partial charge in [-0.25, -0.2) is 4.79 Å². The molecule has 0 aliphatic carbocycles. The lowest BCUT2D eigenvalue weighted by Crippen LogP contribution is -2.30. The minimum atomic E-state index is -0.300. The van der Waals surface area contributed by atoms with Gasteiger partial charge in [0.2, 0.25) is 0 Å². The molecule has 5 nitrogen and oxygen atoms in total. The summed E-state index contributed by atoms with van der Waals surface area (Å²) >= 11 is 0. The molecule has 1 fully saturated rings. The van der Waals surface area contributed by atoms with E-state index in [1.807, 2.05) is 14.1 Å². The maximum Gasteiger partial charge on any atom is 0.348 e. The van der Waals surface area contributed by atoms with Crippen molar-refractivity contribution in [3.63, 3.8) is 0 Å². The van der Waals surface area contributed by atoms with Gasteiger partial charge < -0.3 is 9.74 Å². The zero-order valence-corrected chi connectivity index (χ0v) is 9.69. The fourth-order valence-corrected chi connectivity index (χ4v) is 1.37. The molecule has 0 N–H and O–H groups in total. The topological polar surface area (TPSA) is 45.1 Å². The van der Waals surface area contributed by atoms with E-state index in [9.17, 15) is 4.79 Å². The van der Waals surface area contributed by atoms with E-state index in [1.165, 1.54) is 0 Å². The molecule has 0 unspecified atom stereocenters. The molecule has 1 aliphatic rings. The highest BCUT2D eigenvalue weighted by Crippen LogP contribution is 2.05. The summed E-state index contributed by atoms with van der Waals surface area (Å²) in [6, 6.07) is 0. The molecular weight excluding hydrogens is 194 g/mol. The fraction of sp³-hybridized carbons (Fsp3) is 0.800. The third kappa shape index (κ3) is 4.90. The normalized spacial score (nSPS) is 18.0. The van der Waals surface area contributed by atoms with E-state index < -0.39 is 0 Å². The number of likely N-dealkylation sites (N-methyl/N-ethyl adjacent to an activating group) is 1. The van der Waals surface area contributed by atoms with Gasteiger partial charge in [0.05, 0.1) is 12.3 Å². The van der Waals surface area contributed by atoms with Crippen LogP contribution < -0.4 is 0 Å². The van der Waals surface area contributed by atoms with Crippen molar-refractivity contribution in [2.75, 3.05) is 40.8 Å². The Balaban J connectivity index is 2.28. The van der Waals surface area contributed by atoms with Gasteiger partial charge in [0, 0.05) is 25.9 Å². The summed E-state index contributed by atoms with van der Waals surface area (Å²) in [4.78, 5) is 20.0. The highest BCUT2D eigenvalue weighted by atomic mass is 16.7. The molecule has 86 valence electrons. The number of nitrogens with zero attached hydrogens (tertiary/aromatic N) is 3. The van der Waals surface area contributed by atoms with Crippen molar-refractivity contribution in [2.45, 2.75) is 12.8 Å². The van der Waals surface area contributed by atoms with Crippen LogP contribution in [0.25, 0.3) is 0 Å². The Labute approximate surface area is 90.7 Å². The molecule has 0 saturated carbocycles. The van der Waals surface area contributed by atoms with Crippen molar-refractivity contribution >= 4 is 11.7 Å². The monoisotopic (exact) mass is 213 g/mol. The molecule has 0 radical (unpaired) electrons. The van der Waals surface area contributed by atoms with E-state index in [-0.39, 0.29) is 12.5 Å². The van der Waals surface area contributed by atoms with E-state index in [0.29, 0.717) is 0 Å². The average molecular weight is 213 g/mol. The zero-order chi connectivity index (χ0) is 11.3. The molecule has 1 rings (SSSR count). The molecule has 1 aliphatic heterocycles. The van der Waals surface area contributed by atoms with Gasteiger partial charge in [0.1, 0.15) is 0 Å². The first kappa shape index (κ1) is 12.1. The van der Waals surface area contributed by atoms with Crippen LogP contribution in [0.5, 0.6) is 0 Å². The molecule has 1 heterocycles. The molecule has 0 aromatic carbocycles. The molecule has 0 atom stereocenters. The van der Waals surface area contributed by atoms with Crippen LogP contribution in [0.1, 0.15) is 12.8 Å². The number of hydrogen-bond donors (Lipinski definition) is 0. The van der Waals surface area contributed by atoms with Gasteiger partial charge in [-0.1, -0.05) is 5.16 Å². The van der Waals surface area contributed by atoms with Crippen molar-refractivity contribution in [1.82, 2.24) is 9.80 Å². The average Bonchev–Trinajstić information content (AvgIpc) is 2.16. The molecule has 0 spiro atoms. The molecule has 1 saturated heterocycles. The highest BCUT2D eigenvalue weighted by molar-refractivity contribution is 5.85. The second-order valence-electron chi connectivity index (χ2n) is 4.16. The maximum absolute atomic E-state index is 11.2. The Kier molecular flexibility index (Phi) is 4.71. The van der Waals surface area contributed by atoms with Crippen LogP contribution in [0.4, 0.5) is 0 Å². The first-order valence-electron chi connectivity index (χ1n) is 5.17. The highest BCUT2D eigenvalue weighted by Gasteiger charge is 2.12. The van der Waals surface area contributed by atoms with Crippen LogP contribution in [-0.4, -0.2) is 62.3 Å². The molecule has 0 aromatic rings. The number of likely N-dealkylation sites (tertiary alicyclic amines) is 1. The van der Waals surface area contributed by atoms with Crippen LogP contribution in [0.3, 0.4) is 0 Å². The third-order valence-electron chi connectivity index (χ3n) is 2.29. The predicted octanol–water partition coefficient (Wildman–Crippen LogP) is 0.173. The molecular formula is C10H19N3O2. The second-order valence-corrected chi connectivity index (χ2v) is 4.16. The largest absolute Gasteiger partial charge is 0.348 e. The Morgan fingerprint density at radius 3 is 2.60 bits per heavy atom. The van der Waals surface area contributed by atoms with Crippen molar-refractivity contribution < 1.29 is 9.63 Å². The summed E-state index contributed by atoms with van der Waals surface area (Å²) in [5, 5.41) is 3.88. The van der Waals surface area contributed by atoms with Gasteiger partial charge in [0.25, 0.3) is 0 Å². The smallest absolute Gasteiger partial charge is 0.317 e. The number of carbonyl (C=O) groups excluding carboxylic acids is 1. The lowest BCUT2D eigenvalue weighted by Gasteiger charge is -2.22. The number of rotatable bonds is 3. The van der Waals surface area contributed by atoms with E-state index in [2.05, 4.69) is 17.1 Å². The molecule has 0 bridgehead atoms. The first-order valence-corrected chi connectivity index (χ1v) is 5.17. The van der Waals surface area contributed by atoms with E-state index in [4.69, 9.17) is 4.84 Å². The van der Waals surface area contributed by atoms with Gasteiger partial charge in [0.15, 0.2) is 0 Å². The van der Waals surface area contributed by atoms with E-state index in [0.717, 1.165) is 31.6 Å². The maximum atomic E-state index is 11.2. The number of carbonyl (C=O) groups is 1. The zero-order valence-electron chi connectivity index (χ0n) is 9.69. The summed E-state index contributed by atoms with van der Waals surface area (Å²) in [6.07, 6.45) is 1.79. The minimum absolute atomic E-state index is 0.274. The van der Waals surface area contributed by atoms with Crippen molar-refractivity contribution in [1.29, 1.82) is 0 Å². The predicted molar refractivity (Wildman–Crippen MR) is 58.8 cm³/mol. The molecule has 0 amide bonds. The van der Waals surface area contributed by atoms with Crippen molar-refractivity contribution in [3.8, 4) is 0 Å². The number of piperidine rings is 1. The van der Waals surface area contributed by atoms with Crippen molar-refractivity contribution in [3.05, 3.63) is 0 Å². The fourth-order valence-electron chi connectivity index (χ4n) is 1.37. The van der Waals surface area contributed by atoms with E-state index >= 15 is 0 Å². The Morgan fingerprint density at radius 1 is 1.47 bits per heavy atom.